The minimum Gasteiger partial charge on any atom is -0.543 e. The van der Waals surface area contributed by atoms with E-state index in [4.69, 9.17) is 10.6 Å². The lowest BCUT2D eigenvalue weighted by Crippen LogP contribution is -2.71. The lowest BCUT2D eigenvalue weighted by molar-refractivity contribution is -0.662. The maximum atomic E-state index is 13.0. The second-order valence-electron chi connectivity index (χ2n) is 7.43. The van der Waals surface area contributed by atoms with E-state index in [1.807, 2.05) is 10.6 Å². The molecule has 188 valence electrons. The summed E-state index contributed by atoms with van der Waals surface area (Å²) in [5, 5.41) is 22.0. The Bertz CT molecular complexity index is 1420. The van der Waals surface area contributed by atoms with Crippen molar-refractivity contribution in [3.8, 4) is 0 Å². The van der Waals surface area contributed by atoms with Crippen LogP contribution in [0.25, 0.3) is 5.65 Å². The van der Waals surface area contributed by atoms with Crippen LogP contribution in [0.15, 0.2) is 47.1 Å². The van der Waals surface area contributed by atoms with Gasteiger partial charge in [0, 0.05) is 28.9 Å². The minimum atomic E-state index is -1.46. The van der Waals surface area contributed by atoms with E-state index >= 15 is 0 Å². The molecule has 1 saturated heterocycles. The fraction of sp³-hybridized carbons (Fsp3) is 0.263. The topological polar surface area (TPSA) is 184 Å². The van der Waals surface area contributed by atoms with Crippen LogP contribution in [0.3, 0.4) is 0 Å². The summed E-state index contributed by atoms with van der Waals surface area (Å²) in [4.78, 5) is 47.6. The molecule has 0 bridgehead atoms. The van der Waals surface area contributed by atoms with Crippen LogP contribution in [-0.2, 0) is 25.8 Å². The van der Waals surface area contributed by atoms with Gasteiger partial charge in [-0.3, -0.25) is 14.5 Å². The number of nitrogen functional groups attached to an aromatic ring is 1. The molecular weight excluding hydrogens is 534 g/mol. The molecule has 17 heteroatoms. The number of nitrogens with one attached hydrogen (secondary N) is 1. The van der Waals surface area contributed by atoms with E-state index in [-0.39, 0.29) is 41.3 Å². The number of rotatable bonds is 7. The second kappa shape index (κ2) is 10.1. The number of thioether (sulfide) groups is 1. The normalized spacial score (nSPS) is 19.4. The molecule has 3 aromatic rings. The Morgan fingerprint density at radius 3 is 2.94 bits per heavy atom. The van der Waals surface area contributed by atoms with E-state index < -0.39 is 29.2 Å². The molecule has 2 aliphatic rings. The van der Waals surface area contributed by atoms with Crippen molar-refractivity contribution >= 4 is 70.0 Å². The number of nitrogens with two attached hydrogens (primary N) is 1. The predicted molar refractivity (Wildman–Crippen MR) is 128 cm³/mol. The van der Waals surface area contributed by atoms with Gasteiger partial charge in [0.15, 0.2) is 11.3 Å². The van der Waals surface area contributed by atoms with Crippen molar-refractivity contribution in [1.29, 1.82) is 0 Å². The van der Waals surface area contributed by atoms with E-state index in [9.17, 15) is 19.5 Å². The molecule has 5 heterocycles. The van der Waals surface area contributed by atoms with E-state index in [0.717, 1.165) is 22.1 Å². The average Bonchev–Trinajstić information content (AvgIpc) is 3.46. The number of carbonyl (C=O) groups excluding carboxylic acids is 3. The monoisotopic (exact) mass is 551 g/mol. The lowest BCUT2D eigenvalue weighted by Gasteiger charge is -2.50. The van der Waals surface area contributed by atoms with E-state index in [0.29, 0.717) is 11.3 Å². The zero-order valence-electron chi connectivity index (χ0n) is 18.4. The lowest BCUT2D eigenvalue weighted by atomic mass is 10.0. The predicted octanol–water partition coefficient (Wildman–Crippen LogP) is -2.07. The zero-order chi connectivity index (χ0) is 24.7. The van der Waals surface area contributed by atoms with Crippen LogP contribution in [-0.4, -0.2) is 71.6 Å². The molecule has 0 spiro atoms. The molecule has 0 saturated carbocycles. The smallest absolute Gasteiger partial charge is 0.307 e. The SMILES string of the molecule is CO/N=C(/C(=O)N[C@@H]1C(=O)N2C(C(=O)[O-])=C(C[n+]3ccn4ncccc43)CS[C@H]12)c1nsc(N)n1.Cl. The van der Waals surface area contributed by atoms with Crippen molar-refractivity contribution in [1.82, 2.24) is 29.2 Å². The summed E-state index contributed by atoms with van der Waals surface area (Å²) in [5.74, 6) is -2.53. The number of carboxylic acid groups (broad SMARTS) is 1. The number of aliphatic carboxylic acids is 1. The number of carboxylic acids is 1. The maximum absolute atomic E-state index is 13.0. The molecule has 0 aliphatic carbocycles. The number of anilines is 1. The molecule has 3 N–H and O–H groups in total. The molecule has 5 rings (SSSR count). The fourth-order valence-corrected chi connectivity index (χ4v) is 5.66. The van der Waals surface area contributed by atoms with Crippen molar-refractivity contribution in [2.45, 2.75) is 18.0 Å². The van der Waals surface area contributed by atoms with Crippen LogP contribution in [0.4, 0.5) is 5.13 Å². The van der Waals surface area contributed by atoms with E-state index in [2.05, 4.69) is 24.9 Å². The number of hydrogen-bond acceptors (Lipinski definition) is 12. The summed E-state index contributed by atoms with van der Waals surface area (Å²) in [6.07, 6.45) is 5.16. The third kappa shape index (κ3) is 4.33. The van der Waals surface area contributed by atoms with Gasteiger partial charge in [0.05, 0.1) is 17.9 Å². The Kier molecular flexibility index (Phi) is 7.09. The number of halogens is 1. The zero-order valence-corrected chi connectivity index (χ0v) is 20.9. The van der Waals surface area contributed by atoms with E-state index in [1.165, 1.54) is 18.9 Å². The highest BCUT2D eigenvalue weighted by Gasteiger charge is 2.53. The minimum absolute atomic E-state index is 0. The van der Waals surface area contributed by atoms with E-state index in [1.54, 1.807) is 29.2 Å². The first-order valence-electron chi connectivity index (χ1n) is 10.1. The van der Waals surface area contributed by atoms with Crippen LogP contribution in [0, 0.1) is 0 Å². The van der Waals surface area contributed by atoms with Gasteiger partial charge in [0.25, 0.3) is 11.8 Å². The molecule has 0 aromatic carbocycles. The number of aromatic nitrogens is 5. The first kappa shape index (κ1) is 25.3. The summed E-state index contributed by atoms with van der Waals surface area (Å²) >= 11 is 2.21. The Hall–Kier alpha value is -3.76. The molecule has 0 radical (unpaired) electrons. The summed E-state index contributed by atoms with van der Waals surface area (Å²) in [6, 6.07) is 2.64. The van der Waals surface area contributed by atoms with Gasteiger partial charge in [-0.25, -0.2) is 4.57 Å². The Morgan fingerprint density at radius 1 is 1.44 bits per heavy atom. The standard InChI is InChI=1S/C19H17N9O5S2.ClH/c1-33-24-11(14-23-19(20)35-25-14)15(29)22-12-16(30)28-13(18(31)32)9(8-34-17(12)28)7-26-5-6-27-10(26)3-2-4-21-27;/h2-6,12,17H,7-8H2,1H3,(H3-,20,22,23,25,29,31,32);1H/b24-11+;/t12-,17-;/m1./s1. The van der Waals surface area contributed by atoms with Crippen LogP contribution in [0.2, 0.25) is 0 Å². The summed E-state index contributed by atoms with van der Waals surface area (Å²) in [6.45, 7) is 0.230. The Labute approximate surface area is 217 Å². The number of amides is 2. The highest BCUT2D eigenvalue weighted by molar-refractivity contribution is 8.00. The van der Waals surface area contributed by atoms with Crippen molar-refractivity contribution in [2.75, 3.05) is 18.6 Å². The number of β-lactam (4-membered cyclic amide) rings is 1. The number of hydrogen-bond donors (Lipinski definition) is 2. The molecule has 3 aromatic heterocycles. The number of oxime groups is 1. The average molecular weight is 552 g/mol. The quantitative estimate of drug-likeness (QED) is 0.143. The van der Waals surface area contributed by atoms with Gasteiger partial charge in [-0.05, 0) is 6.07 Å². The molecule has 2 amide bonds. The Balaban J connectivity index is 0.00000304. The number of fused-ring (bicyclic) bond motifs is 2. The van der Waals surface area contributed by atoms with Gasteiger partial charge in [0.2, 0.25) is 11.5 Å². The molecule has 0 unspecified atom stereocenters. The maximum Gasteiger partial charge on any atom is 0.307 e. The first-order valence-corrected chi connectivity index (χ1v) is 11.9. The van der Waals surface area contributed by atoms with Gasteiger partial charge >= 0.3 is 5.65 Å². The Morgan fingerprint density at radius 2 is 2.25 bits per heavy atom. The van der Waals surface area contributed by atoms with Gasteiger partial charge in [0.1, 0.15) is 31.3 Å². The summed E-state index contributed by atoms with van der Waals surface area (Å²) in [5.41, 5.74) is 6.39. The third-order valence-electron chi connectivity index (χ3n) is 5.38. The molecule has 36 heavy (non-hydrogen) atoms. The van der Waals surface area contributed by atoms with Crippen LogP contribution in [0.5, 0.6) is 0 Å². The molecular formula is C19H18ClN9O5S2. The van der Waals surface area contributed by atoms with Crippen LogP contribution in [0.1, 0.15) is 5.82 Å². The third-order valence-corrected chi connectivity index (χ3v) is 7.26. The molecule has 2 aliphatic heterocycles. The number of nitrogens with zero attached hydrogens (tertiary/aromatic N) is 7. The van der Waals surface area contributed by atoms with Crippen molar-refractivity contribution < 1.29 is 28.9 Å². The molecule has 1 fully saturated rings. The highest BCUT2D eigenvalue weighted by Crippen LogP contribution is 2.40. The van der Waals surface area contributed by atoms with Gasteiger partial charge in [-0.1, -0.05) is 10.3 Å². The van der Waals surface area contributed by atoms with Gasteiger partial charge in [-0.2, -0.15) is 9.36 Å². The molecule has 14 nitrogen and oxygen atoms in total. The number of imidazole rings is 1. The van der Waals surface area contributed by atoms with Crippen molar-refractivity contribution in [3.05, 3.63) is 47.8 Å². The fourth-order valence-electron chi connectivity index (χ4n) is 3.89. The largest absolute Gasteiger partial charge is 0.543 e. The van der Waals surface area contributed by atoms with Crippen LogP contribution < -0.4 is 20.7 Å². The molecule has 2 atom stereocenters. The van der Waals surface area contributed by atoms with Gasteiger partial charge in [-0.15, -0.1) is 28.7 Å². The number of carbonyl (C=O) groups is 3. The van der Waals surface area contributed by atoms with Crippen LogP contribution >= 0.6 is 35.7 Å². The van der Waals surface area contributed by atoms with Gasteiger partial charge < -0.3 is 25.8 Å². The summed E-state index contributed by atoms with van der Waals surface area (Å²) in [7, 11) is 1.25. The van der Waals surface area contributed by atoms with Crippen molar-refractivity contribution in [3.63, 3.8) is 0 Å². The highest BCUT2D eigenvalue weighted by atomic mass is 35.5. The van der Waals surface area contributed by atoms with Crippen molar-refractivity contribution in [2.24, 2.45) is 5.16 Å². The second-order valence-corrected chi connectivity index (χ2v) is 9.32. The summed E-state index contributed by atoms with van der Waals surface area (Å²) < 4.78 is 7.43. The first-order chi connectivity index (χ1) is 16.9.